The fourth-order valence-electron chi connectivity index (χ4n) is 4.16. The largest absolute Gasteiger partial charge is 0.484 e. The van der Waals surface area contributed by atoms with Crippen LogP contribution in [0.15, 0.2) is 79.1 Å². The van der Waals surface area contributed by atoms with Crippen LogP contribution < -0.4 is 10.1 Å². The highest BCUT2D eigenvalue weighted by atomic mass is 16.5. The number of rotatable bonds is 6. The number of likely N-dealkylation sites (tertiary alicyclic amines) is 1. The van der Waals surface area contributed by atoms with Gasteiger partial charge in [0.15, 0.2) is 6.61 Å². The second kappa shape index (κ2) is 9.83. The fraction of sp³-hybridized carbons (Fsp3) is 0.269. The summed E-state index contributed by atoms with van der Waals surface area (Å²) >= 11 is 0. The van der Waals surface area contributed by atoms with E-state index < -0.39 is 11.6 Å². The third-order valence-corrected chi connectivity index (χ3v) is 5.99. The summed E-state index contributed by atoms with van der Waals surface area (Å²) in [6.07, 6.45) is 2.45. The Morgan fingerprint density at radius 1 is 1.15 bits per heavy atom. The number of nitrogens with one attached hydrogen (secondary N) is 1. The summed E-state index contributed by atoms with van der Waals surface area (Å²) in [6.45, 7) is 2.29. The number of carbonyl (C=O) groups is 2. The second-order valence-corrected chi connectivity index (χ2v) is 8.24. The van der Waals surface area contributed by atoms with Crippen molar-refractivity contribution < 1.29 is 19.4 Å². The maximum atomic E-state index is 13.0. The monoisotopic (exact) mass is 445 g/mol. The van der Waals surface area contributed by atoms with Gasteiger partial charge in [0.2, 0.25) is 0 Å². The van der Waals surface area contributed by atoms with Gasteiger partial charge in [-0.25, -0.2) is 0 Å². The first-order chi connectivity index (χ1) is 16.0. The summed E-state index contributed by atoms with van der Waals surface area (Å²) in [6, 6.07) is 20.2. The normalized spacial score (nSPS) is 20.2. The zero-order valence-electron chi connectivity index (χ0n) is 18.5. The summed E-state index contributed by atoms with van der Waals surface area (Å²) in [5.41, 5.74) is 1.22. The van der Waals surface area contributed by atoms with Crippen LogP contribution in [-0.4, -0.2) is 52.6 Å². The maximum Gasteiger partial charge on any atom is 0.260 e. The number of aliphatic hydroxyl groups excluding tert-OH is 1. The van der Waals surface area contributed by atoms with E-state index in [1.165, 1.54) is 6.20 Å². The van der Waals surface area contributed by atoms with Crippen LogP contribution in [0.25, 0.3) is 0 Å². The minimum atomic E-state index is -1.03. The Balaban J connectivity index is 1.49. The summed E-state index contributed by atoms with van der Waals surface area (Å²) in [4.78, 5) is 31.4. The van der Waals surface area contributed by atoms with Gasteiger partial charge in [-0.15, -0.1) is 0 Å². The summed E-state index contributed by atoms with van der Waals surface area (Å²) in [5.74, 6) is 0.0904. The maximum absolute atomic E-state index is 13.0. The molecule has 1 aromatic heterocycles. The molecule has 1 aliphatic rings. The Morgan fingerprint density at radius 2 is 1.97 bits per heavy atom. The lowest BCUT2D eigenvalue weighted by atomic mass is 9.78. The Bertz CT molecular complexity index is 1110. The molecule has 1 fully saturated rings. The number of pyridine rings is 1. The summed E-state index contributed by atoms with van der Waals surface area (Å²) in [5, 5.41) is 14.3. The smallest absolute Gasteiger partial charge is 0.260 e. The third kappa shape index (κ3) is 5.04. The SMILES string of the molecule is Cc1cccc(OCC(=O)N2CC[C@](NC(=O)c3cccnc3)(c3ccccc3)[C@H](O)C2)c1. The van der Waals surface area contributed by atoms with Crippen molar-refractivity contribution in [1.82, 2.24) is 15.2 Å². The Labute approximate surface area is 193 Å². The van der Waals surface area contributed by atoms with Gasteiger partial charge in [0.05, 0.1) is 17.2 Å². The van der Waals surface area contributed by atoms with Crippen LogP contribution in [0.2, 0.25) is 0 Å². The van der Waals surface area contributed by atoms with Crippen LogP contribution in [-0.2, 0) is 10.3 Å². The first-order valence-electron chi connectivity index (χ1n) is 10.9. The molecule has 4 rings (SSSR count). The van der Waals surface area contributed by atoms with Crippen LogP contribution in [0.5, 0.6) is 5.75 Å². The standard InChI is InChI=1S/C26H27N3O4/c1-19-7-5-11-22(15-19)33-18-24(31)29-14-12-26(23(30)17-29,21-9-3-2-4-10-21)28-25(32)20-8-6-13-27-16-20/h2-11,13,15-16,23,30H,12,14,17-18H2,1H3,(H,28,32)/t23-,26+/m1/s1. The average Bonchev–Trinajstić information content (AvgIpc) is 2.85. The minimum Gasteiger partial charge on any atom is -0.484 e. The van der Waals surface area contributed by atoms with Gasteiger partial charge < -0.3 is 20.1 Å². The predicted molar refractivity (Wildman–Crippen MR) is 124 cm³/mol. The van der Waals surface area contributed by atoms with E-state index in [4.69, 9.17) is 4.74 Å². The van der Waals surface area contributed by atoms with Gasteiger partial charge >= 0.3 is 0 Å². The number of hydrogen-bond acceptors (Lipinski definition) is 5. The number of nitrogens with zero attached hydrogens (tertiary/aromatic N) is 2. The molecule has 0 unspecified atom stereocenters. The molecule has 170 valence electrons. The van der Waals surface area contributed by atoms with Gasteiger partial charge in [0, 0.05) is 25.5 Å². The van der Waals surface area contributed by atoms with Crippen molar-refractivity contribution in [2.24, 2.45) is 0 Å². The van der Waals surface area contributed by atoms with Crippen molar-refractivity contribution in [3.63, 3.8) is 0 Å². The van der Waals surface area contributed by atoms with Gasteiger partial charge in [-0.1, -0.05) is 42.5 Å². The van der Waals surface area contributed by atoms with E-state index in [0.717, 1.165) is 11.1 Å². The lowest BCUT2D eigenvalue weighted by Gasteiger charge is -2.46. The molecular formula is C26H27N3O4. The number of amides is 2. The molecule has 2 heterocycles. The average molecular weight is 446 g/mol. The number of carbonyl (C=O) groups excluding carboxylic acids is 2. The molecule has 3 aromatic rings. The molecule has 0 saturated carbocycles. The molecular weight excluding hydrogens is 418 g/mol. The van der Waals surface area contributed by atoms with Crippen LogP contribution in [0, 0.1) is 6.92 Å². The predicted octanol–water partition coefficient (Wildman–Crippen LogP) is 2.69. The highest BCUT2D eigenvalue weighted by Gasteiger charge is 2.46. The van der Waals surface area contributed by atoms with E-state index in [-0.39, 0.29) is 25.0 Å². The first-order valence-corrected chi connectivity index (χ1v) is 10.9. The van der Waals surface area contributed by atoms with E-state index in [1.807, 2.05) is 55.5 Å². The van der Waals surface area contributed by atoms with Crippen molar-refractivity contribution in [2.45, 2.75) is 25.0 Å². The van der Waals surface area contributed by atoms with E-state index in [0.29, 0.717) is 24.3 Å². The Morgan fingerprint density at radius 3 is 2.67 bits per heavy atom. The van der Waals surface area contributed by atoms with E-state index >= 15 is 0 Å². The fourth-order valence-corrected chi connectivity index (χ4v) is 4.16. The topological polar surface area (TPSA) is 91.8 Å². The number of ether oxygens (including phenoxy) is 1. The number of hydrogen-bond donors (Lipinski definition) is 2. The number of aromatic nitrogens is 1. The van der Waals surface area contributed by atoms with Crippen LogP contribution in [0.4, 0.5) is 0 Å². The molecule has 7 nitrogen and oxygen atoms in total. The van der Waals surface area contributed by atoms with Gasteiger partial charge in [-0.2, -0.15) is 0 Å². The molecule has 0 spiro atoms. The van der Waals surface area contributed by atoms with Crippen LogP contribution in [0.3, 0.4) is 0 Å². The molecule has 1 aliphatic heterocycles. The lowest BCUT2D eigenvalue weighted by Crippen LogP contribution is -2.63. The molecule has 2 atom stereocenters. The van der Waals surface area contributed by atoms with Crippen LogP contribution in [0.1, 0.15) is 27.9 Å². The third-order valence-electron chi connectivity index (χ3n) is 5.99. The number of piperidine rings is 1. The highest BCUT2D eigenvalue weighted by Crippen LogP contribution is 2.34. The first kappa shape index (κ1) is 22.5. The van der Waals surface area contributed by atoms with Crippen molar-refractivity contribution in [2.75, 3.05) is 19.7 Å². The van der Waals surface area contributed by atoms with Gasteiger partial charge in [-0.3, -0.25) is 14.6 Å². The molecule has 2 amide bonds. The van der Waals surface area contributed by atoms with Gasteiger partial charge in [0.25, 0.3) is 11.8 Å². The Kier molecular flexibility index (Phi) is 6.70. The molecule has 7 heteroatoms. The molecule has 0 radical (unpaired) electrons. The minimum absolute atomic E-state index is 0.0816. The number of aryl methyl sites for hydroxylation is 1. The second-order valence-electron chi connectivity index (χ2n) is 8.24. The lowest BCUT2D eigenvalue weighted by molar-refractivity contribution is -0.139. The van der Waals surface area contributed by atoms with Crippen molar-refractivity contribution in [1.29, 1.82) is 0 Å². The highest BCUT2D eigenvalue weighted by molar-refractivity contribution is 5.94. The van der Waals surface area contributed by atoms with E-state index in [9.17, 15) is 14.7 Å². The molecule has 2 aromatic carbocycles. The number of aliphatic hydroxyl groups is 1. The zero-order valence-corrected chi connectivity index (χ0v) is 18.5. The zero-order chi connectivity index (χ0) is 23.3. The number of β-amino-alcohol motifs (C(OH)–C–C–N with tert-alkyl or cyclic N) is 1. The van der Waals surface area contributed by atoms with E-state index in [2.05, 4.69) is 10.3 Å². The van der Waals surface area contributed by atoms with Gasteiger partial charge in [-0.05, 0) is 48.7 Å². The summed E-state index contributed by atoms with van der Waals surface area (Å²) in [7, 11) is 0. The quantitative estimate of drug-likeness (QED) is 0.609. The molecule has 0 aliphatic carbocycles. The van der Waals surface area contributed by atoms with Crippen molar-refractivity contribution >= 4 is 11.8 Å². The van der Waals surface area contributed by atoms with E-state index in [1.54, 1.807) is 29.3 Å². The molecule has 0 bridgehead atoms. The molecule has 33 heavy (non-hydrogen) atoms. The molecule has 2 N–H and O–H groups in total. The molecule has 1 saturated heterocycles. The Hall–Kier alpha value is -3.71. The van der Waals surface area contributed by atoms with Crippen molar-refractivity contribution in [3.8, 4) is 5.75 Å². The number of benzene rings is 2. The van der Waals surface area contributed by atoms with Crippen LogP contribution >= 0.6 is 0 Å². The van der Waals surface area contributed by atoms with Gasteiger partial charge in [0.1, 0.15) is 5.75 Å². The van der Waals surface area contributed by atoms with Crippen molar-refractivity contribution in [3.05, 3.63) is 95.8 Å². The summed E-state index contributed by atoms with van der Waals surface area (Å²) < 4.78 is 5.65.